The van der Waals surface area contributed by atoms with Crippen LogP contribution in [-0.2, 0) is 13.1 Å². The number of aromatic nitrogens is 1. The smallest absolute Gasteiger partial charge is 0.125 e. The largest absolute Gasteiger partial charge is 0.384 e. The molecule has 2 rings (SSSR count). The van der Waals surface area contributed by atoms with Crippen LogP contribution in [0.2, 0.25) is 0 Å². The summed E-state index contributed by atoms with van der Waals surface area (Å²) in [6.07, 6.45) is 0. The fourth-order valence-corrected chi connectivity index (χ4v) is 1.28. The van der Waals surface area contributed by atoms with Gasteiger partial charge in [-0.2, -0.15) is 0 Å². The number of nitrogen functional groups attached to an aromatic ring is 2. The molecule has 8 N–H and O–H groups in total. The van der Waals surface area contributed by atoms with E-state index < -0.39 is 0 Å². The summed E-state index contributed by atoms with van der Waals surface area (Å²) in [5.41, 5.74) is 23.7. The van der Waals surface area contributed by atoms with Crippen LogP contribution in [0.3, 0.4) is 0 Å². The van der Waals surface area contributed by atoms with Crippen LogP contribution in [0.25, 0.3) is 0 Å². The Hall–Kier alpha value is -2.11. The number of benzene rings is 1. The molecule has 18 heavy (non-hydrogen) atoms. The highest BCUT2D eigenvalue weighted by Crippen LogP contribution is 2.01. The molecule has 1 aromatic heterocycles. The Morgan fingerprint density at radius 1 is 0.722 bits per heavy atom. The molecule has 5 heteroatoms. The van der Waals surface area contributed by atoms with E-state index in [1.807, 2.05) is 24.3 Å². The first-order valence-electron chi connectivity index (χ1n) is 5.61. The third-order valence-electron chi connectivity index (χ3n) is 2.29. The van der Waals surface area contributed by atoms with Gasteiger partial charge in [-0.3, -0.25) is 0 Å². The van der Waals surface area contributed by atoms with E-state index >= 15 is 0 Å². The molecule has 1 aromatic carbocycles. The van der Waals surface area contributed by atoms with Gasteiger partial charge < -0.3 is 22.9 Å². The molecule has 0 saturated carbocycles. The van der Waals surface area contributed by atoms with E-state index in [1.165, 1.54) is 0 Å². The standard InChI is InChI=1S/C8H12N2.C5H7N3/c9-5-7-1-2-8(6-10)4-3-7;6-4-2-1-3-5(7)8-4/h1-4H,5-6,9-10H2;1-3H,(H4,6,7,8). The third kappa shape index (κ3) is 4.82. The first-order chi connectivity index (χ1) is 8.65. The fourth-order valence-electron chi connectivity index (χ4n) is 1.28. The van der Waals surface area contributed by atoms with Gasteiger partial charge in [-0.1, -0.05) is 30.3 Å². The molecular weight excluding hydrogens is 226 g/mol. The average Bonchev–Trinajstić information content (AvgIpc) is 2.39. The van der Waals surface area contributed by atoms with Crippen LogP contribution in [0.15, 0.2) is 42.5 Å². The second-order valence-electron chi connectivity index (χ2n) is 3.71. The first kappa shape index (κ1) is 14.0. The molecule has 0 fully saturated rings. The van der Waals surface area contributed by atoms with Crippen LogP contribution < -0.4 is 22.9 Å². The Balaban J connectivity index is 0.000000184. The van der Waals surface area contributed by atoms with Crippen molar-refractivity contribution in [2.24, 2.45) is 11.5 Å². The Morgan fingerprint density at radius 2 is 1.11 bits per heavy atom. The Morgan fingerprint density at radius 3 is 1.33 bits per heavy atom. The summed E-state index contributed by atoms with van der Waals surface area (Å²) in [7, 11) is 0. The van der Waals surface area contributed by atoms with E-state index in [0.29, 0.717) is 24.7 Å². The zero-order valence-electron chi connectivity index (χ0n) is 10.2. The molecule has 2 aromatic rings. The number of pyridine rings is 1. The highest BCUT2D eigenvalue weighted by molar-refractivity contribution is 5.38. The Bertz CT molecular complexity index is 427. The second kappa shape index (κ2) is 7.26. The summed E-state index contributed by atoms with van der Waals surface area (Å²) in [6, 6.07) is 13.2. The number of anilines is 2. The summed E-state index contributed by atoms with van der Waals surface area (Å²) in [5, 5.41) is 0. The van der Waals surface area contributed by atoms with Crippen molar-refractivity contribution < 1.29 is 0 Å². The molecule has 0 radical (unpaired) electrons. The molecule has 0 aliphatic carbocycles. The molecule has 0 unspecified atom stereocenters. The van der Waals surface area contributed by atoms with Crippen molar-refractivity contribution in [3.8, 4) is 0 Å². The maximum Gasteiger partial charge on any atom is 0.125 e. The normalized spacial score (nSPS) is 9.44. The van der Waals surface area contributed by atoms with Gasteiger partial charge in [-0.05, 0) is 23.3 Å². The minimum Gasteiger partial charge on any atom is -0.384 e. The van der Waals surface area contributed by atoms with Crippen molar-refractivity contribution in [3.63, 3.8) is 0 Å². The fraction of sp³-hybridized carbons (Fsp3) is 0.154. The zero-order valence-corrected chi connectivity index (χ0v) is 10.2. The average molecular weight is 245 g/mol. The van der Waals surface area contributed by atoms with Crippen molar-refractivity contribution in [2.45, 2.75) is 13.1 Å². The Kier molecular flexibility index (Phi) is 5.63. The van der Waals surface area contributed by atoms with Gasteiger partial charge in [0.1, 0.15) is 11.6 Å². The van der Waals surface area contributed by atoms with E-state index in [0.717, 1.165) is 11.1 Å². The highest BCUT2D eigenvalue weighted by atomic mass is 14.9. The summed E-state index contributed by atoms with van der Waals surface area (Å²) in [5.74, 6) is 0.926. The molecule has 0 atom stereocenters. The zero-order chi connectivity index (χ0) is 13.4. The lowest BCUT2D eigenvalue weighted by Crippen LogP contribution is -1.98. The van der Waals surface area contributed by atoms with Crippen LogP contribution >= 0.6 is 0 Å². The molecule has 0 bridgehead atoms. The van der Waals surface area contributed by atoms with E-state index in [4.69, 9.17) is 22.9 Å². The predicted octanol–water partition coefficient (Wildman–Crippen LogP) is 0.850. The van der Waals surface area contributed by atoms with Crippen LogP contribution in [0.5, 0.6) is 0 Å². The predicted molar refractivity (Wildman–Crippen MR) is 75.3 cm³/mol. The number of hydrogen-bond donors (Lipinski definition) is 4. The van der Waals surface area contributed by atoms with Gasteiger partial charge >= 0.3 is 0 Å². The van der Waals surface area contributed by atoms with Crippen molar-refractivity contribution >= 4 is 11.6 Å². The van der Waals surface area contributed by atoms with Gasteiger partial charge in [0.05, 0.1) is 0 Å². The summed E-state index contributed by atoms with van der Waals surface area (Å²) in [4.78, 5) is 3.73. The molecule has 5 nitrogen and oxygen atoms in total. The first-order valence-corrected chi connectivity index (χ1v) is 5.61. The summed E-state index contributed by atoms with van der Waals surface area (Å²) in [6.45, 7) is 1.20. The van der Waals surface area contributed by atoms with Gasteiger partial charge in [0, 0.05) is 13.1 Å². The Labute approximate surface area is 107 Å². The van der Waals surface area contributed by atoms with Crippen molar-refractivity contribution in [2.75, 3.05) is 11.5 Å². The minimum atomic E-state index is 0.463. The molecule has 0 spiro atoms. The monoisotopic (exact) mass is 245 g/mol. The summed E-state index contributed by atoms with van der Waals surface area (Å²) < 4.78 is 0. The molecule has 0 saturated heterocycles. The van der Waals surface area contributed by atoms with Crippen LogP contribution in [0.1, 0.15) is 11.1 Å². The molecule has 0 aliphatic rings. The van der Waals surface area contributed by atoms with Gasteiger partial charge in [0.2, 0.25) is 0 Å². The topological polar surface area (TPSA) is 117 Å². The van der Waals surface area contributed by atoms with E-state index in [-0.39, 0.29) is 0 Å². The molecule has 1 heterocycles. The third-order valence-corrected chi connectivity index (χ3v) is 2.29. The maximum absolute atomic E-state index is 5.41. The lowest BCUT2D eigenvalue weighted by Gasteiger charge is -1.97. The lowest BCUT2D eigenvalue weighted by molar-refractivity contribution is 1.04. The lowest BCUT2D eigenvalue weighted by atomic mass is 10.1. The number of nitrogens with zero attached hydrogens (tertiary/aromatic N) is 1. The number of nitrogens with two attached hydrogens (primary N) is 4. The molecule has 0 aliphatic heterocycles. The van der Waals surface area contributed by atoms with Crippen LogP contribution in [0.4, 0.5) is 11.6 Å². The minimum absolute atomic E-state index is 0.463. The number of hydrogen-bond acceptors (Lipinski definition) is 5. The highest BCUT2D eigenvalue weighted by Gasteiger charge is 1.88. The van der Waals surface area contributed by atoms with Crippen LogP contribution in [-0.4, -0.2) is 4.98 Å². The van der Waals surface area contributed by atoms with Gasteiger partial charge in [-0.25, -0.2) is 4.98 Å². The van der Waals surface area contributed by atoms with Gasteiger partial charge in [0.25, 0.3) is 0 Å². The van der Waals surface area contributed by atoms with E-state index in [1.54, 1.807) is 18.2 Å². The summed E-state index contributed by atoms with van der Waals surface area (Å²) >= 11 is 0. The van der Waals surface area contributed by atoms with Gasteiger partial charge in [-0.15, -0.1) is 0 Å². The van der Waals surface area contributed by atoms with Crippen LogP contribution in [0, 0.1) is 0 Å². The molecule has 0 amide bonds. The molecule has 96 valence electrons. The van der Waals surface area contributed by atoms with E-state index in [9.17, 15) is 0 Å². The van der Waals surface area contributed by atoms with E-state index in [2.05, 4.69) is 4.98 Å². The van der Waals surface area contributed by atoms with Gasteiger partial charge in [0.15, 0.2) is 0 Å². The quantitative estimate of drug-likeness (QED) is 0.625. The SMILES string of the molecule is NCc1ccc(CN)cc1.Nc1cccc(N)n1. The molecular formula is C13H19N5. The maximum atomic E-state index is 5.41. The van der Waals surface area contributed by atoms with Crippen molar-refractivity contribution in [3.05, 3.63) is 53.6 Å². The number of rotatable bonds is 2. The van der Waals surface area contributed by atoms with Crippen molar-refractivity contribution in [1.29, 1.82) is 0 Å². The second-order valence-corrected chi connectivity index (χ2v) is 3.71. The van der Waals surface area contributed by atoms with Crippen molar-refractivity contribution in [1.82, 2.24) is 4.98 Å².